The summed E-state index contributed by atoms with van der Waals surface area (Å²) in [4.78, 5) is 0. The second-order valence-corrected chi connectivity index (χ2v) is 6.74. The van der Waals surface area contributed by atoms with Crippen LogP contribution in [0.5, 0.6) is 0 Å². The van der Waals surface area contributed by atoms with Crippen LogP contribution in [0.4, 0.5) is 0 Å². The molecule has 23 heavy (non-hydrogen) atoms. The van der Waals surface area contributed by atoms with Gasteiger partial charge in [-0.3, -0.25) is 0 Å². The fraction of sp³-hybridized carbons (Fsp3) is 0.455. The van der Waals surface area contributed by atoms with Gasteiger partial charge in [-0.2, -0.15) is 0 Å². The Bertz CT molecular complexity index is 664. The molecule has 0 fully saturated rings. The van der Waals surface area contributed by atoms with E-state index in [-0.39, 0.29) is 6.10 Å². The van der Waals surface area contributed by atoms with E-state index in [9.17, 15) is 0 Å². The lowest BCUT2D eigenvalue weighted by molar-refractivity contribution is 0.0480. The van der Waals surface area contributed by atoms with Gasteiger partial charge in [-0.25, -0.2) is 0 Å². The summed E-state index contributed by atoms with van der Waals surface area (Å²) in [7, 11) is 1.85. The maximum absolute atomic E-state index is 5.83. The van der Waals surface area contributed by atoms with Gasteiger partial charge in [-0.1, -0.05) is 51.1 Å². The zero-order valence-electron chi connectivity index (χ0n) is 14.9. The summed E-state index contributed by atoms with van der Waals surface area (Å²) < 4.78 is 5.83. The molecule has 0 spiro atoms. The highest BCUT2D eigenvalue weighted by Gasteiger charge is 2.27. The number of benzene rings is 2. The van der Waals surface area contributed by atoms with Gasteiger partial charge in [-0.15, -0.1) is 0 Å². The van der Waals surface area contributed by atoms with E-state index >= 15 is 0 Å². The Hall–Kier alpha value is -1.60. The van der Waals surface area contributed by atoms with Gasteiger partial charge in [-0.05, 0) is 71.0 Å². The third kappa shape index (κ3) is 2.95. The molecule has 0 N–H and O–H groups in total. The lowest BCUT2D eigenvalue weighted by atomic mass is 9.80. The van der Waals surface area contributed by atoms with Crippen molar-refractivity contribution < 1.29 is 4.74 Å². The first-order valence-electron chi connectivity index (χ1n) is 8.96. The van der Waals surface area contributed by atoms with E-state index in [2.05, 4.69) is 57.2 Å². The summed E-state index contributed by atoms with van der Waals surface area (Å²) >= 11 is 0. The summed E-state index contributed by atoms with van der Waals surface area (Å²) in [5, 5.41) is 0. The molecule has 0 aliphatic heterocycles. The van der Waals surface area contributed by atoms with Crippen LogP contribution in [0.25, 0.3) is 11.1 Å². The van der Waals surface area contributed by atoms with E-state index in [4.69, 9.17) is 4.74 Å². The second-order valence-electron chi connectivity index (χ2n) is 6.74. The van der Waals surface area contributed by atoms with Crippen molar-refractivity contribution >= 4 is 0 Å². The summed E-state index contributed by atoms with van der Waals surface area (Å²) in [6.45, 7) is 6.80. The van der Waals surface area contributed by atoms with Crippen molar-refractivity contribution in [3.63, 3.8) is 0 Å². The first kappa shape index (κ1) is 16.3. The Morgan fingerprint density at radius 1 is 1.04 bits per heavy atom. The molecule has 3 rings (SSSR count). The van der Waals surface area contributed by atoms with Gasteiger partial charge in [0.2, 0.25) is 0 Å². The largest absolute Gasteiger partial charge is 0.376 e. The average molecular weight is 308 g/mol. The van der Waals surface area contributed by atoms with Gasteiger partial charge in [0.15, 0.2) is 0 Å². The van der Waals surface area contributed by atoms with Crippen molar-refractivity contribution in [3.8, 4) is 11.1 Å². The van der Waals surface area contributed by atoms with Crippen LogP contribution in [-0.4, -0.2) is 7.11 Å². The highest BCUT2D eigenvalue weighted by atomic mass is 16.5. The molecule has 0 aromatic heterocycles. The molecule has 1 aliphatic rings. The van der Waals surface area contributed by atoms with Gasteiger partial charge >= 0.3 is 0 Å². The molecule has 0 saturated heterocycles. The number of ether oxygens (including phenoxy) is 1. The van der Waals surface area contributed by atoms with Crippen LogP contribution >= 0.6 is 0 Å². The van der Waals surface area contributed by atoms with Crippen LogP contribution < -0.4 is 0 Å². The number of hydrogen-bond donors (Lipinski definition) is 0. The third-order valence-corrected chi connectivity index (χ3v) is 5.38. The molecule has 0 heterocycles. The fourth-order valence-electron chi connectivity index (χ4n) is 4.06. The predicted octanol–water partition coefficient (Wildman–Crippen LogP) is 5.75. The van der Waals surface area contributed by atoms with Crippen molar-refractivity contribution in [3.05, 3.63) is 58.7 Å². The van der Waals surface area contributed by atoms with Crippen molar-refractivity contribution in [2.45, 2.75) is 52.6 Å². The standard InChI is InChI=1S/C22H28O/c1-5-16-8-7-9-17(6-2)21(16)19-13-12-18-11-10-15(3)22(23-4)20(18)14-19/h7-9,12-15,22H,5-6,10-11H2,1-4H3. The minimum atomic E-state index is 0.234. The summed E-state index contributed by atoms with van der Waals surface area (Å²) in [6.07, 6.45) is 4.77. The molecule has 0 saturated carbocycles. The Balaban J connectivity index is 2.14. The first-order valence-corrected chi connectivity index (χ1v) is 8.96. The molecule has 0 bridgehead atoms. The Kier molecular flexibility index (Phi) is 4.87. The maximum Gasteiger partial charge on any atom is 0.0849 e. The number of methoxy groups -OCH3 is 1. The summed E-state index contributed by atoms with van der Waals surface area (Å²) in [5.74, 6) is 0.592. The molecule has 2 aromatic carbocycles. The van der Waals surface area contributed by atoms with Gasteiger partial charge in [0, 0.05) is 7.11 Å². The number of rotatable bonds is 4. The molecule has 0 radical (unpaired) electrons. The van der Waals surface area contributed by atoms with Crippen molar-refractivity contribution in [2.75, 3.05) is 7.11 Å². The number of aryl methyl sites for hydroxylation is 3. The van der Waals surface area contributed by atoms with Crippen molar-refractivity contribution in [2.24, 2.45) is 5.92 Å². The lowest BCUT2D eigenvalue weighted by Crippen LogP contribution is -2.20. The van der Waals surface area contributed by atoms with Gasteiger partial charge in [0.25, 0.3) is 0 Å². The maximum atomic E-state index is 5.83. The normalized spacial score (nSPS) is 20.3. The molecule has 0 amide bonds. The van der Waals surface area contributed by atoms with E-state index in [1.54, 1.807) is 0 Å². The van der Waals surface area contributed by atoms with Gasteiger partial charge < -0.3 is 4.74 Å². The fourth-order valence-corrected chi connectivity index (χ4v) is 4.06. The molecule has 122 valence electrons. The van der Waals surface area contributed by atoms with Crippen molar-refractivity contribution in [1.82, 2.24) is 0 Å². The Morgan fingerprint density at radius 3 is 2.35 bits per heavy atom. The molecular weight excluding hydrogens is 280 g/mol. The predicted molar refractivity (Wildman–Crippen MR) is 97.9 cm³/mol. The van der Waals surface area contributed by atoms with Crippen LogP contribution in [-0.2, 0) is 24.0 Å². The third-order valence-electron chi connectivity index (χ3n) is 5.38. The summed E-state index contributed by atoms with van der Waals surface area (Å²) in [5.41, 5.74) is 8.55. The van der Waals surface area contributed by atoms with Gasteiger partial charge in [0.1, 0.15) is 0 Å². The topological polar surface area (TPSA) is 9.23 Å². The molecule has 2 unspecified atom stereocenters. The van der Waals surface area contributed by atoms with Crippen molar-refractivity contribution in [1.29, 1.82) is 0 Å². The zero-order chi connectivity index (χ0) is 16.4. The van der Waals surface area contributed by atoms with E-state index < -0.39 is 0 Å². The molecule has 1 aliphatic carbocycles. The van der Waals surface area contributed by atoms with E-state index in [1.807, 2.05) is 7.11 Å². The monoisotopic (exact) mass is 308 g/mol. The minimum Gasteiger partial charge on any atom is -0.376 e. The quantitative estimate of drug-likeness (QED) is 0.699. The average Bonchev–Trinajstić information content (AvgIpc) is 2.60. The zero-order valence-corrected chi connectivity index (χ0v) is 14.9. The second kappa shape index (κ2) is 6.88. The smallest absolute Gasteiger partial charge is 0.0849 e. The highest BCUT2D eigenvalue weighted by Crippen LogP contribution is 2.39. The molecule has 2 aromatic rings. The molecule has 2 atom stereocenters. The number of fused-ring (bicyclic) bond motifs is 1. The molecule has 1 heteroatoms. The van der Waals surface area contributed by atoms with Crippen LogP contribution in [0.2, 0.25) is 0 Å². The minimum absolute atomic E-state index is 0.234. The van der Waals surface area contributed by atoms with Crippen LogP contribution in [0.15, 0.2) is 36.4 Å². The van der Waals surface area contributed by atoms with E-state index in [0.717, 1.165) is 12.8 Å². The molecular formula is C22H28O. The first-order chi connectivity index (χ1) is 11.2. The highest BCUT2D eigenvalue weighted by molar-refractivity contribution is 5.72. The summed E-state index contributed by atoms with van der Waals surface area (Å²) in [6, 6.07) is 13.8. The SMILES string of the molecule is CCc1cccc(CC)c1-c1ccc2c(c1)C(OC)C(C)CC2. The number of hydrogen-bond acceptors (Lipinski definition) is 1. The molecule has 1 nitrogen and oxygen atoms in total. The lowest BCUT2D eigenvalue weighted by Gasteiger charge is -2.31. The van der Waals surface area contributed by atoms with Crippen LogP contribution in [0.1, 0.15) is 55.5 Å². The van der Waals surface area contributed by atoms with Crippen LogP contribution in [0.3, 0.4) is 0 Å². The van der Waals surface area contributed by atoms with E-state index in [0.29, 0.717) is 5.92 Å². The Labute approximate surface area is 140 Å². The van der Waals surface area contributed by atoms with Gasteiger partial charge in [0.05, 0.1) is 6.10 Å². The van der Waals surface area contributed by atoms with E-state index in [1.165, 1.54) is 46.2 Å². The Morgan fingerprint density at radius 2 is 1.74 bits per heavy atom. The van der Waals surface area contributed by atoms with Crippen LogP contribution in [0, 0.1) is 5.92 Å².